The molecule has 1 fully saturated rings. The normalized spacial score (nSPS) is 18.6. The van der Waals surface area contributed by atoms with E-state index in [0.717, 1.165) is 29.8 Å². The lowest BCUT2D eigenvalue weighted by Crippen LogP contribution is -2.22. The van der Waals surface area contributed by atoms with Gasteiger partial charge in [0.2, 0.25) is 5.91 Å². The molecule has 1 aliphatic heterocycles. The number of carboxylic acid groups (broad SMARTS) is 1. The minimum absolute atomic E-state index is 0.00665. The summed E-state index contributed by atoms with van der Waals surface area (Å²) in [6.45, 7) is 0. The van der Waals surface area contributed by atoms with E-state index in [0.29, 0.717) is 0 Å². The molecule has 2 N–H and O–H groups in total. The SMILES string of the molecule is O=C(O)Cc1ccc(NC(=O)C2CCCS2)cc1. The van der Waals surface area contributed by atoms with Gasteiger partial charge < -0.3 is 10.4 Å². The highest BCUT2D eigenvalue weighted by Gasteiger charge is 2.23. The maximum atomic E-state index is 11.9. The Kier molecular flexibility index (Phi) is 4.25. The molecule has 0 bridgehead atoms. The van der Waals surface area contributed by atoms with Crippen molar-refractivity contribution in [3.05, 3.63) is 29.8 Å². The van der Waals surface area contributed by atoms with Crippen LogP contribution in [0, 0.1) is 0 Å². The van der Waals surface area contributed by atoms with Crippen LogP contribution in [-0.4, -0.2) is 28.0 Å². The number of carboxylic acids is 1. The van der Waals surface area contributed by atoms with Crippen LogP contribution < -0.4 is 5.32 Å². The van der Waals surface area contributed by atoms with Gasteiger partial charge in [0.05, 0.1) is 11.7 Å². The lowest BCUT2D eigenvalue weighted by molar-refractivity contribution is -0.136. The zero-order chi connectivity index (χ0) is 13.0. The van der Waals surface area contributed by atoms with Crippen LogP contribution in [0.1, 0.15) is 18.4 Å². The van der Waals surface area contributed by atoms with Crippen molar-refractivity contribution in [1.82, 2.24) is 0 Å². The number of carbonyl (C=O) groups excluding carboxylic acids is 1. The average molecular weight is 265 g/mol. The summed E-state index contributed by atoms with van der Waals surface area (Å²) in [6.07, 6.45) is 2.04. The Morgan fingerprint density at radius 1 is 1.33 bits per heavy atom. The predicted octanol–water partition coefficient (Wildman–Crippen LogP) is 2.15. The fourth-order valence-electron chi connectivity index (χ4n) is 1.89. The van der Waals surface area contributed by atoms with E-state index in [1.807, 2.05) is 0 Å². The second-order valence-electron chi connectivity index (χ2n) is 4.26. The molecule has 0 aliphatic carbocycles. The maximum absolute atomic E-state index is 11.9. The molecule has 1 aromatic rings. The van der Waals surface area contributed by atoms with Crippen LogP contribution in [0.15, 0.2) is 24.3 Å². The molecule has 1 saturated heterocycles. The van der Waals surface area contributed by atoms with Crippen molar-refractivity contribution in [3.8, 4) is 0 Å². The largest absolute Gasteiger partial charge is 0.481 e. The number of benzene rings is 1. The number of anilines is 1. The summed E-state index contributed by atoms with van der Waals surface area (Å²) in [5.74, 6) is 0.243. The van der Waals surface area contributed by atoms with Crippen molar-refractivity contribution in [3.63, 3.8) is 0 Å². The van der Waals surface area contributed by atoms with Gasteiger partial charge in [0, 0.05) is 5.69 Å². The van der Waals surface area contributed by atoms with E-state index in [2.05, 4.69) is 5.32 Å². The molecule has 0 aromatic heterocycles. The van der Waals surface area contributed by atoms with Gasteiger partial charge in [0.25, 0.3) is 0 Å². The first kappa shape index (κ1) is 13.0. The minimum Gasteiger partial charge on any atom is -0.481 e. The predicted molar refractivity (Wildman–Crippen MR) is 71.9 cm³/mol. The Labute approximate surface area is 110 Å². The first-order valence-corrected chi connectivity index (χ1v) is 6.93. The van der Waals surface area contributed by atoms with Gasteiger partial charge in [-0.3, -0.25) is 9.59 Å². The molecule has 1 amide bonds. The molecule has 5 heteroatoms. The summed E-state index contributed by atoms with van der Waals surface area (Å²) >= 11 is 1.69. The van der Waals surface area contributed by atoms with E-state index >= 15 is 0 Å². The van der Waals surface area contributed by atoms with Gasteiger partial charge in [-0.05, 0) is 36.3 Å². The van der Waals surface area contributed by atoms with Crippen molar-refractivity contribution in [2.24, 2.45) is 0 Å². The van der Waals surface area contributed by atoms with Gasteiger partial charge in [-0.1, -0.05) is 12.1 Å². The topological polar surface area (TPSA) is 66.4 Å². The minimum atomic E-state index is -0.853. The Balaban J connectivity index is 1.93. The number of nitrogens with one attached hydrogen (secondary N) is 1. The van der Waals surface area contributed by atoms with Crippen molar-refractivity contribution in [1.29, 1.82) is 0 Å². The van der Waals surface area contributed by atoms with Crippen LogP contribution in [0.3, 0.4) is 0 Å². The quantitative estimate of drug-likeness (QED) is 0.875. The Bertz CT molecular complexity index is 438. The van der Waals surface area contributed by atoms with Crippen LogP contribution in [-0.2, 0) is 16.0 Å². The summed E-state index contributed by atoms with van der Waals surface area (Å²) < 4.78 is 0. The molecule has 4 nitrogen and oxygen atoms in total. The van der Waals surface area contributed by atoms with Gasteiger partial charge in [-0.15, -0.1) is 11.8 Å². The molecule has 18 heavy (non-hydrogen) atoms. The molecule has 2 rings (SSSR count). The zero-order valence-corrected chi connectivity index (χ0v) is 10.7. The van der Waals surface area contributed by atoms with Gasteiger partial charge >= 0.3 is 5.97 Å². The molecule has 96 valence electrons. The third-order valence-corrected chi connectivity index (χ3v) is 4.18. The van der Waals surface area contributed by atoms with Crippen LogP contribution in [0.4, 0.5) is 5.69 Å². The van der Waals surface area contributed by atoms with Crippen molar-refractivity contribution in [2.45, 2.75) is 24.5 Å². The average Bonchev–Trinajstić information content (AvgIpc) is 2.84. The van der Waals surface area contributed by atoms with Crippen LogP contribution in [0.5, 0.6) is 0 Å². The zero-order valence-electron chi connectivity index (χ0n) is 9.89. The second kappa shape index (κ2) is 5.91. The number of hydrogen-bond donors (Lipinski definition) is 2. The van der Waals surface area contributed by atoms with Crippen molar-refractivity contribution in [2.75, 3.05) is 11.1 Å². The van der Waals surface area contributed by atoms with Gasteiger partial charge in [-0.25, -0.2) is 0 Å². The van der Waals surface area contributed by atoms with E-state index in [-0.39, 0.29) is 17.6 Å². The van der Waals surface area contributed by atoms with Gasteiger partial charge in [0.1, 0.15) is 0 Å². The van der Waals surface area contributed by atoms with Gasteiger partial charge in [-0.2, -0.15) is 0 Å². The standard InChI is InChI=1S/C13H15NO3S/c15-12(16)8-9-3-5-10(6-4-9)14-13(17)11-2-1-7-18-11/h3-6,11H,1-2,7-8H2,(H,14,17)(H,15,16). The summed E-state index contributed by atoms with van der Waals surface area (Å²) in [4.78, 5) is 22.4. The van der Waals surface area contributed by atoms with E-state index < -0.39 is 5.97 Å². The first-order chi connectivity index (χ1) is 8.65. The molecule has 1 aromatic carbocycles. The number of aliphatic carboxylic acids is 1. The van der Waals surface area contributed by atoms with Crippen molar-refractivity contribution >= 4 is 29.3 Å². The van der Waals surface area contributed by atoms with E-state index in [4.69, 9.17) is 5.11 Å². The fourth-order valence-corrected chi connectivity index (χ4v) is 3.05. The summed E-state index contributed by atoms with van der Waals surface area (Å²) in [6, 6.07) is 6.95. The summed E-state index contributed by atoms with van der Waals surface area (Å²) in [5, 5.41) is 11.6. The Hall–Kier alpha value is -1.49. The van der Waals surface area contributed by atoms with Crippen LogP contribution >= 0.6 is 11.8 Å². The first-order valence-electron chi connectivity index (χ1n) is 5.88. The summed E-state index contributed by atoms with van der Waals surface area (Å²) in [5.41, 5.74) is 1.46. The monoisotopic (exact) mass is 265 g/mol. The van der Waals surface area contributed by atoms with Gasteiger partial charge in [0.15, 0.2) is 0 Å². The molecular weight excluding hydrogens is 250 g/mol. The molecule has 1 unspecified atom stereocenters. The number of hydrogen-bond acceptors (Lipinski definition) is 3. The molecule has 1 atom stereocenters. The van der Waals surface area contributed by atoms with Crippen LogP contribution in [0.2, 0.25) is 0 Å². The van der Waals surface area contributed by atoms with E-state index in [9.17, 15) is 9.59 Å². The number of carbonyl (C=O) groups is 2. The molecule has 1 aliphatic rings. The smallest absolute Gasteiger partial charge is 0.307 e. The second-order valence-corrected chi connectivity index (χ2v) is 5.57. The molecular formula is C13H15NO3S. The lowest BCUT2D eigenvalue weighted by atomic mass is 10.1. The third-order valence-electron chi connectivity index (χ3n) is 2.80. The van der Waals surface area contributed by atoms with Crippen LogP contribution in [0.25, 0.3) is 0 Å². The molecule has 0 spiro atoms. The Morgan fingerprint density at radius 3 is 2.61 bits per heavy atom. The molecule has 1 heterocycles. The van der Waals surface area contributed by atoms with E-state index in [1.165, 1.54) is 0 Å². The Morgan fingerprint density at radius 2 is 2.06 bits per heavy atom. The molecule has 0 radical (unpaired) electrons. The number of rotatable bonds is 4. The lowest BCUT2D eigenvalue weighted by Gasteiger charge is -2.10. The van der Waals surface area contributed by atoms with E-state index in [1.54, 1.807) is 36.0 Å². The highest BCUT2D eigenvalue weighted by Crippen LogP contribution is 2.27. The van der Waals surface area contributed by atoms with Crippen molar-refractivity contribution < 1.29 is 14.7 Å². The maximum Gasteiger partial charge on any atom is 0.307 e. The highest BCUT2D eigenvalue weighted by molar-refractivity contribution is 8.00. The molecule has 0 saturated carbocycles. The summed E-state index contributed by atoms with van der Waals surface area (Å²) in [7, 11) is 0. The number of amides is 1. The fraction of sp³-hybridized carbons (Fsp3) is 0.385. The highest BCUT2D eigenvalue weighted by atomic mass is 32.2. The third kappa shape index (κ3) is 3.50. The number of thioether (sulfide) groups is 1.